The van der Waals surface area contributed by atoms with E-state index in [-0.39, 0.29) is 0 Å². The van der Waals surface area contributed by atoms with Crippen LogP contribution in [0.4, 0.5) is 0 Å². The average Bonchev–Trinajstić information content (AvgIpc) is 0.777. The number of nitrogens with one attached hydrogen (secondary N) is 4. The predicted octanol–water partition coefficient (Wildman–Crippen LogP) is -17.9. The average molecular weight is 1480 g/mol. The van der Waals surface area contributed by atoms with Gasteiger partial charge in [0, 0.05) is 27.7 Å². The predicted molar refractivity (Wildman–Crippen MR) is 311 cm³/mol. The maximum atomic E-state index is 12.9. The summed E-state index contributed by atoms with van der Waals surface area (Å²) in [5.74, 6) is -3.45. The van der Waals surface area contributed by atoms with Gasteiger partial charge in [-0.2, -0.15) is 0 Å². The van der Waals surface area contributed by atoms with Gasteiger partial charge in [0.05, 0.1) is 52.9 Å². The van der Waals surface area contributed by atoms with E-state index >= 15 is 0 Å². The van der Waals surface area contributed by atoms with Crippen molar-refractivity contribution in [3.05, 3.63) is 0 Å². The summed E-state index contributed by atoms with van der Waals surface area (Å²) in [5.41, 5.74) is 0. The number of carbonyl (C=O) groups is 4. The monoisotopic (exact) mass is 1480 g/mol. The van der Waals surface area contributed by atoms with Gasteiger partial charge in [-0.25, -0.2) is 0 Å². The van der Waals surface area contributed by atoms with E-state index in [4.69, 9.17) is 71.1 Å². The topological polar surface area (TPSA) is 700 Å². The Morgan fingerprint density at radius 2 is 0.545 bits per heavy atom. The molecule has 0 aromatic carbocycles. The van der Waals surface area contributed by atoms with Crippen LogP contribution in [0, 0.1) is 0 Å². The molecule has 0 aliphatic carbocycles. The van der Waals surface area contributed by atoms with Crippen LogP contribution in [0.3, 0.4) is 0 Å². The highest BCUT2D eigenvalue weighted by Gasteiger charge is 2.60. The molecule has 40 atom stereocenters. The van der Waals surface area contributed by atoms with Gasteiger partial charge in [0.15, 0.2) is 50.3 Å². The Labute approximate surface area is 572 Å². The van der Waals surface area contributed by atoms with E-state index in [1.807, 2.05) is 0 Å². The molecule has 584 valence electrons. The molecule has 8 heterocycles. The third-order valence-corrected chi connectivity index (χ3v) is 18.3. The van der Waals surface area contributed by atoms with Gasteiger partial charge in [0.25, 0.3) is 0 Å². The van der Waals surface area contributed by atoms with Crippen molar-refractivity contribution in [1.82, 2.24) is 21.3 Å². The van der Waals surface area contributed by atoms with E-state index in [9.17, 15) is 132 Å². The molecule has 0 unspecified atom stereocenters. The largest absolute Gasteiger partial charge is 0.394 e. The van der Waals surface area contributed by atoms with Gasteiger partial charge < -0.3 is 205 Å². The summed E-state index contributed by atoms with van der Waals surface area (Å²) in [5, 5.41) is 252. The van der Waals surface area contributed by atoms with Crippen molar-refractivity contribution in [2.45, 2.75) is 273 Å². The molecule has 8 saturated heterocycles. The SMILES string of the molecule is CC(=O)N[C@@H]1[C@@H](O)[C@H](O[C@@H]2O[C@H](CO)[C@@H](O[C@@H]3O[C@H](CO[C@H]4O[C@H](CO)[C@@H](O)[C@H](O)[C@@H]4O[C@@H]4O[C@H](CO)[C@@H](O)[C@H](O)[C@H]4NC(C)=O)[C@@H](O)[C@H](O[C@H]4O[C@H](CO)[C@@H](O)[C@H](O)[C@@H]4O[C@@H]4O[C@H](CO)[C@@H](O[C@@H]5O[C@H](CO)[C@@H](O)[C@H](O)[C@H]5O)[C@H](O)[C@H]4NC(C)=O)[C@@H]3O)[C@H](O)[C@H]2NC(C)=O)[C@@H](CO)O[C@H]1O. The molecule has 0 bridgehead atoms. The Bertz CT molecular complexity index is 2640. The first-order valence-corrected chi connectivity index (χ1v) is 32.1. The quantitative estimate of drug-likeness (QED) is 0.0382. The highest BCUT2D eigenvalue weighted by atomic mass is 16.8. The van der Waals surface area contributed by atoms with Crippen molar-refractivity contribution >= 4 is 23.6 Å². The summed E-state index contributed by atoms with van der Waals surface area (Å²) in [6.45, 7) is -4.55. The Hall–Kier alpha value is -3.60. The van der Waals surface area contributed by atoms with E-state index in [0.29, 0.717) is 0 Å². The van der Waals surface area contributed by atoms with Crippen molar-refractivity contribution in [3.8, 4) is 0 Å². The lowest BCUT2D eigenvalue weighted by atomic mass is 9.93. The maximum absolute atomic E-state index is 12.9. The summed E-state index contributed by atoms with van der Waals surface area (Å²) in [6.07, 6.45) is -73.5. The fourth-order valence-electron chi connectivity index (χ4n) is 13.0. The smallest absolute Gasteiger partial charge is 0.217 e. The second-order valence-corrected chi connectivity index (χ2v) is 25.4. The van der Waals surface area contributed by atoms with Crippen molar-refractivity contribution in [3.63, 3.8) is 0 Å². The zero-order valence-electron chi connectivity index (χ0n) is 54.3. The van der Waals surface area contributed by atoms with Crippen molar-refractivity contribution in [1.29, 1.82) is 0 Å². The lowest BCUT2D eigenvalue weighted by molar-refractivity contribution is -0.398. The van der Waals surface area contributed by atoms with Gasteiger partial charge in [-0.05, 0) is 0 Å². The number of carbonyl (C=O) groups excluding carboxylic acids is 4. The molecule has 0 aromatic heterocycles. The second kappa shape index (κ2) is 36.3. The summed E-state index contributed by atoms with van der Waals surface area (Å²) < 4.78 is 88.6. The molecule has 0 aromatic rings. The minimum absolute atomic E-state index is 0.770. The first kappa shape index (κ1) is 83.0. The summed E-state index contributed by atoms with van der Waals surface area (Å²) in [6, 6.07) is -7.14. The lowest BCUT2D eigenvalue weighted by Gasteiger charge is -2.51. The zero-order valence-corrected chi connectivity index (χ0v) is 54.3. The van der Waals surface area contributed by atoms with Gasteiger partial charge in [-0.3, -0.25) is 19.2 Å². The normalized spacial score (nSPS) is 48.3. The van der Waals surface area contributed by atoms with E-state index in [2.05, 4.69) is 21.3 Å². The molecule has 0 spiro atoms. The van der Waals surface area contributed by atoms with E-state index in [1.165, 1.54) is 0 Å². The summed E-state index contributed by atoms with van der Waals surface area (Å²) >= 11 is 0. The number of aliphatic hydroxyl groups excluding tert-OH is 22. The molecule has 8 rings (SSSR count). The maximum Gasteiger partial charge on any atom is 0.217 e. The molecule has 8 fully saturated rings. The van der Waals surface area contributed by atoms with Crippen LogP contribution in [-0.4, -0.2) is 434 Å². The third kappa shape index (κ3) is 18.5. The number of aliphatic hydroxyl groups is 22. The van der Waals surface area contributed by atoms with Crippen LogP contribution in [0.5, 0.6) is 0 Å². The number of ether oxygens (including phenoxy) is 15. The number of rotatable bonds is 26. The van der Waals surface area contributed by atoms with Crippen molar-refractivity contribution in [2.75, 3.05) is 52.9 Å². The number of hydrogen-bond acceptors (Lipinski definition) is 41. The van der Waals surface area contributed by atoms with Crippen LogP contribution in [0.25, 0.3) is 0 Å². The molecule has 8 aliphatic heterocycles. The molecule has 101 heavy (non-hydrogen) atoms. The molecule has 45 heteroatoms. The molecule has 26 N–H and O–H groups in total. The van der Waals surface area contributed by atoms with Gasteiger partial charge in [0.1, 0.15) is 195 Å². The Balaban J connectivity index is 1.14. The number of hydrogen-bond donors (Lipinski definition) is 26. The molecule has 45 nitrogen and oxygen atoms in total. The van der Waals surface area contributed by atoms with Crippen molar-refractivity contribution < 1.29 is 203 Å². The molecule has 0 radical (unpaired) electrons. The van der Waals surface area contributed by atoms with E-state index in [0.717, 1.165) is 27.7 Å². The van der Waals surface area contributed by atoms with Gasteiger partial charge in [0.2, 0.25) is 23.6 Å². The standard InChI is InChI=1S/C56H94N4O41/c1-13(68)57-25-35(78)43(21(9-65)88-49(25)86)96-51-27(59-15(3)70)36(79)45(23(11-67)93-51)98-54-42(85)46(33(76)24(95-54)12-87-55-47(39(82)31(74)19(7-63)91-55)100-50-26(58-14(2)69)34(77)29(72)17(5-61)89-50)99-56-48(40(83)32(75)20(8-64)92-56)101-52-28(60-16(4)71)37(80)44(22(10-66)94-52)97-53-41(84)38(81)30(73)18(6-62)90-53/h17-56,61-67,72-86H,5-12H2,1-4H3,(H,57,68)(H,58,69)(H,59,70)(H,60,71)/t17-,18-,19-,20-,21-,22-,23-,24-,25-,26-,27-,28-,29-,30-,31-,32-,33-,34-,35-,36-,37-,38+,39+,40+,41-,42+,43-,44-,45-,46+,47+,48+,49-,50+,51+,52+,53+,54+,55+,56-/m1/s1. The van der Waals surface area contributed by atoms with Crippen LogP contribution in [0.1, 0.15) is 27.7 Å². The highest BCUT2D eigenvalue weighted by molar-refractivity contribution is 5.74. The van der Waals surface area contributed by atoms with Crippen LogP contribution in [0.2, 0.25) is 0 Å². The molecule has 0 saturated carbocycles. The fourth-order valence-corrected chi connectivity index (χ4v) is 13.0. The molecular weight excluding hydrogens is 1380 g/mol. The second-order valence-electron chi connectivity index (χ2n) is 25.4. The third-order valence-electron chi connectivity index (χ3n) is 18.3. The Morgan fingerprint density at radius 3 is 0.970 bits per heavy atom. The van der Waals surface area contributed by atoms with Crippen molar-refractivity contribution in [2.24, 2.45) is 0 Å². The minimum atomic E-state index is -2.52. The summed E-state index contributed by atoms with van der Waals surface area (Å²) in [4.78, 5) is 50.2. The summed E-state index contributed by atoms with van der Waals surface area (Å²) in [7, 11) is 0. The van der Waals surface area contributed by atoms with Gasteiger partial charge >= 0.3 is 0 Å². The van der Waals surface area contributed by atoms with Crippen LogP contribution in [0.15, 0.2) is 0 Å². The molecular formula is C56H94N4O41. The first-order valence-electron chi connectivity index (χ1n) is 32.1. The van der Waals surface area contributed by atoms with E-state index < -0.39 is 322 Å². The first-order chi connectivity index (χ1) is 47.8. The van der Waals surface area contributed by atoms with Crippen LogP contribution >= 0.6 is 0 Å². The Kier molecular flexibility index (Phi) is 29.9. The van der Waals surface area contributed by atoms with Crippen LogP contribution in [-0.2, 0) is 90.2 Å². The van der Waals surface area contributed by atoms with Gasteiger partial charge in [-0.1, -0.05) is 0 Å². The fraction of sp³-hybridized carbons (Fsp3) is 0.929. The van der Waals surface area contributed by atoms with E-state index in [1.54, 1.807) is 0 Å². The Morgan fingerprint density at radius 1 is 0.257 bits per heavy atom. The van der Waals surface area contributed by atoms with Crippen LogP contribution < -0.4 is 21.3 Å². The molecule has 4 amide bonds. The number of amides is 4. The highest BCUT2D eigenvalue weighted by Crippen LogP contribution is 2.39. The minimum Gasteiger partial charge on any atom is -0.394 e. The lowest BCUT2D eigenvalue weighted by Crippen LogP contribution is -2.71. The molecule has 8 aliphatic rings. The zero-order chi connectivity index (χ0) is 74.5. The van der Waals surface area contributed by atoms with Gasteiger partial charge in [-0.15, -0.1) is 0 Å².